The van der Waals surface area contributed by atoms with E-state index in [1.807, 2.05) is 25.1 Å². The molecule has 0 aliphatic rings. The molecule has 4 heteroatoms. The summed E-state index contributed by atoms with van der Waals surface area (Å²) >= 11 is 0. The maximum Gasteiger partial charge on any atom is 0.185 e. The van der Waals surface area contributed by atoms with Gasteiger partial charge in [-0.2, -0.15) is 0 Å². The van der Waals surface area contributed by atoms with Crippen molar-refractivity contribution in [2.75, 3.05) is 20.8 Å². The van der Waals surface area contributed by atoms with Crippen molar-refractivity contribution in [1.29, 1.82) is 0 Å². The first kappa shape index (κ1) is 16.6. The lowest BCUT2D eigenvalue weighted by Gasteiger charge is -2.09. The van der Waals surface area contributed by atoms with Crippen molar-refractivity contribution in [1.82, 2.24) is 0 Å². The highest BCUT2D eigenvalue weighted by molar-refractivity contribution is 6.06. The lowest BCUT2D eigenvalue weighted by Crippen LogP contribution is -1.96. The summed E-state index contributed by atoms with van der Waals surface area (Å²) in [6.45, 7) is 2.49. The highest BCUT2D eigenvalue weighted by Crippen LogP contribution is 2.28. The number of ketones is 1. The molecule has 120 valence electrons. The number of hydrogen-bond acceptors (Lipinski definition) is 4. The van der Waals surface area contributed by atoms with E-state index in [9.17, 15) is 4.79 Å². The molecule has 0 atom stereocenters. The van der Waals surface area contributed by atoms with Gasteiger partial charge in [0.25, 0.3) is 0 Å². The van der Waals surface area contributed by atoms with E-state index in [1.165, 1.54) is 6.08 Å². The maximum absolute atomic E-state index is 12.2. The molecule has 23 heavy (non-hydrogen) atoms. The van der Waals surface area contributed by atoms with Crippen LogP contribution in [0.2, 0.25) is 0 Å². The fourth-order valence-electron chi connectivity index (χ4n) is 2.09. The number of carbonyl (C=O) groups is 1. The van der Waals surface area contributed by atoms with Crippen LogP contribution in [0.3, 0.4) is 0 Å². The van der Waals surface area contributed by atoms with Crippen molar-refractivity contribution in [2.24, 2.45) is 0 Å². The average molecular weight is 312 g/mol. The summed E-state index contributed by atoms with van der Waals surface area (Å²) in [4.78, 5) is 12.2. The average Bonchev–Trinajstić information content (AvgIpc) is 2.60. The second-order valence-corrected chi connectivity index (χ2v) is 4.77. The van der Waals surface area contributed by atoms with Crippen LogP contribution in [0.1, 0.15) is 22.8 Å². The fourth-order valence-corrected chi connectivity index (χ4v) is 2.09. The quantitative estimate of drug-likeness (QED) is 0.572. The molecule has 0 amide bonds. The van der Waals surface area contributed by atoms with Gasteiger partial charge in [-0.3, -0.25) is 4.79 Å². The fraction of sp³-hybridized carbons (Fsp3) is 0.211. The molecule has 2 rings (SSSR count). The molecule has 0 saturated carbocycles. The molecule has 0 aliphatic carbocycles. The van der Waals surface area contributed by atoms with Gasteiger partial charge >= 0.3 is 0 Å². The van der Waals surface area contributed by atoms with Crippen LogP contribution in [-0.4, -0.2) is 26.6 Å². The third-order valence-electron chi connectivity index (χ3n) is 3.29. The zero-order valence-corrected chi connectivity index (χ0v) is 13.5. The largest absolute Gasteiger partial charge is 0.497 e. The molecule has 0 spiro atoms. The van der Waals surface area contributed by atoms with Gasteiger partial charge in [-0.25, -0.2) is 0 Å². The van der Waals surface area contributed by atoms with E-state index in [2.05, 4.69) is 0 Å². The summed E-state index contributed by atoms with van der Waals surface area (Å²) in [6, 6.07) is 12.6. The first-order valence-corrected chi connectivity index (χ1v) is 7.35. The van der Waals surface area contributed by atoms with E-state index in [4.69, 9.17) is 14.2 Å². The second kappa shape index (κ2) is 8.03. The first-order chi connectivity index (χ1) is 11.2. The predicted octanol–water partition coefficient (Wildman–Crippen LogP) is 4.00. The van der Waals surface area contributed by atoms with Gasteiger partial charge in [0, 0.05) is 5.56 Å². The molecule has 0 unspecified atom stereocenters. The van der Waals surface area contributed by atoms with Gasteiger partial charge in [-0.05, 0) is 55.0 Å². The number of ether oxygens (including phenoxy) is 3. The molecular formula is C19H20O4. The van der Waals surface area contributed by atoms with Crippen molar-refractivity contribution in [3.05, 3.63) is 59.7 Å². The highest BCUT2D eigenvalue weighted by Gasteiger charge is 2.05. The molecule has 2 aromatic rings. The van der Waals surface area contributed by atoms with Gasteiger partial charge in [0.15, 0.2) is 17.3 Å². The summed E-state index contributed by atoms with van der Waals surface area (Å²) in [6.07, 6.45) is 3.29. The molecule has 0 radical (unpaired) electrons. The number of carbonyl (C=O) groups excluding carboxylic acids is 1. The van der Waals surface area contributed by atoms with Crippen molar-refractivity contribution < 1.29 is 19.0 Å². The van der Waals surface area contributed by atoms with Crippen LogP contribution in [0.4, 0.5) is 0 Å². The predicted molar refractivity (Wildman–Crippen MR) is 90.5 cm³/mol. The number of methoxy groups -OCH3 is 2. The summed E-state index contributed by atoms with van der Waals surface area (Å²) in [5, 5.41) is 0. The van der Waals surface area contributed by atoms with E-state index in [0.29, 0.717) is 23.7 Å². The van der Waals surface area contributed by atoms with Gasteiger partial charge in [0.05, 0.1) is 20.8 Å². The van der Waals surface area contributed by atoms with Crippen LogP contribution in [0.5, 0.6) is 17.2 Å². The Morgan fingerprint density at radius 3 is 2.35 bits per heavy atom. The molecule has 0 fully saturated rings. The Balaban J connectivity index is 2.13. The molecule has 2 aromatic carbocycles. The standard InChI is InChI=1S/C19H20O4/c1-4-23-18-12-6-14(13-19(18)22-3)5-11-17(20)15-7-9-16(21-2)10-8-15/h5-13H,4H2,1-3H3/b11-5+. The topological polar surface area (TPSA) is 44.8 Å². The van der Waals surface area contributed by atoms with Gasteiger partial charge in [-0.1, -0.05) is 12.1 Å². The Labute approximate surface area is 136 Å². The molecule has 0 heterocycles. The van der Waals surface area contributed by atoms with Crippen LogP contribution < -0.4 is 14.2 Å². The Morgan fingerprint density at radius 2 is 1.74 bits per heavy atom. The van der Waals surface area contributed by atoms with E-state index >= 15 is 0 Å². The smallest absolute Gasteiger partial charge is 0.185 e. The van der Waals surface area contributed by atoms with E-state index < -0.39 is 0 Å². The molecule has 0 aromatic heterocycles. The van der Waals surface area contributed by atoms with Crippen LogP contribution >= 0.6 is 0 Å². The van der Waals surface area contributed by atoms with E-state index in [0.717, 1.165) is 11.3 Å². The molecule has 0 saturated heterocycles. The van der Waals surface area contributed by atoms with E-state index in [-0.39, 0.29) is 5.78 Å². The van der Waals surface area contributed by atoms with Crippen molar-refractivity contribution >= 4 is 11.9 Å². The normalized spacial score (nSPS) is 10.6. The monoisotopic (exact) mass is 312 g/mol. The summed E-state index contributed by atoms with van der Waals surface area (Å²) in [5.41, 5.74) is 1.48. The van der Waals surface area contributed by atoms with Crippen LogP contribution in [0, 0.1) is 0 Å². The Morgan fingerprint density at radius 1 is 1.00 bits per heavy atom. The third kappa shape index (κ3) is 4.36. The third-order valence-corrected chi connectivity index (χ3v) is 3.29. The first-order valence-electron chi connectivity index (χ1n) is 7.35. The molecule has 0 N–H and O–H groups in total. The Kier molecular flexibility index (Phi) is 5.80. The molecule has 0 bridgehead atoms. The number of benzene rings is 2. The highest BCUT2D eigenvalue weighted by atomic mass is 16.5. The van der Waals surface area contributed by atoms with Gasteiger partial charge < -0.3 is 14.2 Å². The SMILES string of the molecule is CCOc1ccc(/C=C/C(=O)c2ccc(OC)cc2)cc1OC. The maximum atomic E-state index is 12.2. The minimum atomic E-state index is -0.0690. The summed E-state index contributed by atoms with van der Waals surface area (Å²) < 4.78 is 15.8. The summed E-state index contributed by atoms with van der Waals surface area (Å²) in [5.74, 6) is 1.99. The number of rotatable bonds is 7. The second-order valence-electron chi connectivity index (χ2n) is 4.77. The lowest BCUT2D eigenvalue weighted by molar-refractivity contribution is 0.104. The number of hydrogen-bond donors (Lipinski definition) is 0. The Bertz CT molecular complexity index is 687. The van der Waals surface area contributed by atoms with Gasteiger partial charge in [0.1, 0.15) is 5.75 Å². The number of allylic oxidation sites excluding steroid dienone is 1. The van der Waals surface area contributed by atoms with E-state index in [1.54, 1.807) is 44.6 Å². The minimum Gasteiger partial charge on any atom is -0.497 e. The minimum absolute atomic E-state index is 0.0690. The van der Waals surface area contributed by atoms with Crippen LogP contribution in [0.15, 0.2) is 48.5 Å². The Hall–Kier alpha value is -2.75. The van der Waals surface area contributed by atoms with Crippen molar-refractivity contribution in [3.63, 3.8) is 0 Å². The van der Waals surface area contributed by atoms with Crippen LogP contribution in [-0.2, 0) is 0 Å². The zero-order valence-electron chi connectivity index (χ0n) is 13.5. The van der Waals surface area contributed by atoms with Crippen LogP contribution in [0.25, 0.3) is 6.08 Å². The zero-order chi connectivity index (χ0) is 16.7. The molecule has 4 nitrogen and oxygen atoms in total. The van der Waals surface area contributed by atoms with Gasteiger partial charge in [-0.15, -0.1) is 0 Å². The summed E-state index contributed by atoms with van der Waals surface area (Å²) in [7, 11) is 3.18. The molecular weight excluding hydrogens is 292 g/mol. The van der Waals surface area contributed by atoms with Gasteiger partial charge in [0.2, 0.25) is 0 Å². The van der Waals surface area contributed by atoms with Crippen molar-refractivity contribution in [2.45, 2.75) is 6.92 Å². The molecule has 0 aliphatic heterocycles. The van der Waals surface area contributed by atoms with Crippen molar-refractivity contribution in [3.8, 4) is 17.2 Å². The lowest BCUT2D eigenvalue weighted by atomic mass is 10.1.